The minimum absolute atomic E-state index is 0.0861. The van der Waals surface area contributed by atoms with Crippen molar-refractivity contribution >= 4 is 34.6 Å². The molecule has 0 amide bonds. The second kappa shape index (κ2) is 6.64. The molecule has 1 saturated carbocycles. The van der Waals surface area contributed by atoms with E-state index in [1.807, 2.05) is 0 Å². The van der Waals surface area contributed by atoms with Crippen LogP contribution in [0, 0.1) is 22.0 Å². The molecule has 0 unspecified atom stereocenters. The molecule has 1 aromatic carbocycles. The fraction of sp³-hybridized carbons (Fsp3) is 0.571. The molecule has 4 nitrogen and oxygen atoms in total. The van der Waals surface area contributed by atoms with Crippen molar-refractivity contribution in [1.29, 1.82) is 0 Å². The lowest BCUT2D eigenvalue weighted by molar-refractivity contribution is -0.384. The second-order valence-electron chi connectivity index (χ2n) is 5.55. The standard InChI is InChI=1S/C14H18Cl2N2O2/c1-9-2-4-10(5-3-9)8-17-14-12(15)6-11(18(19)20)7-13(14)16/h6-7,9-10,17H,2-5,8H2,1H3. The molecule has 20 heavy (non-hydrogen) atoms. The molecule has 0 saturated heterocycles. The van der Waals surface area contributed by atoms with Crippen LogP contribution in [-0.4, -0.2) is 11.5 Å². The number of nitrogens with one attached hydrogen (secondary N) is 1. The molecule has 0 radical (unpaired) electrons. The van der Waals surface area contributed by atoms with Crippen LogP contribution in [0.3, 0.4) is 0 Å². The number of hydrogen-bond acceptors (Lipinski definition) is 3. The van der Waals surface area contributed by atoms with Crippen LogP contribution in [0.25, 0.3) is 0 Å². The van der Waals surface area contributed by atoms with Crippen molar-refractivity contribution in [2.45, 2.75) is 32.6 Å². The topological polar surface area (TPSA) is 55.2 Å². The van der Waals surface area contributed by atoms with E-state index in [1.165, 1.54) is 37.8 Å². The Hall–Kier alpha value is -1.00. The number of rotatable bonds is 4. The molecule has 2 rings (SSSR count). The summed E-state index contributed by atoms with van der Waals surface area (Å²) in [6.45, 7) is 3.09. The summed E-state index contributed by atoms with van der Waals surface area (Å²) >= 11 is 12.1. The van der Waals surface area contributed by atoms with E-state index in [0.717, 1.165) is 12.5 Å². The van der Waals surface area contributed by atoms with E-state index in [1.54, 1.807) is 0 Å². The van der Waals surface area contributed by atoms with Crippen LogP contribution in [0.15, 0.2) is 12.1 Å². The van der Waals surface area contributed by atoms with Crippen LogP contribution >= 0.6 is 23.2 Å². The molecule has 0 aromatic heterocycles. The van der Waals surface area contributed by atoms with Gasteiger partial charge in [-0.15, -0.1) is 0 Å². The van der Waals surface area contributed by atoms with E-state index in [4.69, 9.17) is 23.2 Å². The zero-order chi connectivity index (χ0) is 14.7. The van der Waals surface area contributed by atoms with Gasteiger partial charge in [0.2, 0.25) is 0 Å². The van der Waals surface area contributed by atoms with Crippen molar-refractivity contribution in [2.75, 3.05) is 11.9 Å². The smallest absolute Gasteiger partial charge is 0.272 e. The fourth-order valence-electron chi connectivity index (χ4n) is 2.61. The Morgan fingerprint density at radius 3 is 2.30 bits per heavy atom. The maximum absolute atomic E-state index is 10.7. The van der Waals surface area contributed by atoms with Gasteiger partial charge in [-0.3, -0.25) is 10.1 Å². The first-order valence-corrected chi connectivity index (χ1v) is 7.60. The van der Waals surface area contributed by atoms with Gasteiger partial charge in [0.05, 0.1) is 20.7 Å². The average molecular weight is 317 g/mol. The molecule has 6 heteroatoms. The summed E-state index contributed by atoms with van der Waals surface area (Å²) in [6, 6.07) is 2.66. The number of anilines is 1. The third kappa shape index (κ3) is 3.76. The quantitative estimate of drug-likeness (QED) is 0.618. The summed E-state index contributed by atoms with van der Waals surface area (Å²) in [7, 11) is 0. The number of hydrogen-bond donors (Lipinski definition) is 1. The van der Waals surface area contributed by atoms with Gasteiger partial charge in [0.1, 0.15) is 0 Å². The molecular weight excluding hydrogens is 299 g/mol. The SMILES string of the molecule is CC1CCC(CNc2c(Cl)cc([N+](=O)[O-])cc2Cl)CC1. The highest BCUT2D eigenvalue weighted by Crippen LogP contribution is 2.35. The van der Waals surface area contributed by atoms with E-state index in [-0.39, 0.29) is 5.69 Å². The zero-order valence-corrected chi connectivity index (χ0v) is 12.9. The van der Waals surface area contributed by atoms with Gasteiger partial charge < -0.3 is 5.32 Å². The van der Waals surface area contributed by atoms with Crippen molar-refractivity contribution in [1.82, 2.24) is 0 Å². The third-order valence-electron chi connectivity index (χ3n) is 3.94. The van der Waals surface area contributed by atoms with Crippen LogP contribution in [-0.2, 0) is 0 Å². The molecule has 0 spiro atoms. The molecule has 1 aliphatic carbocycles. The lowest BCUT2D eigenvalue weighted by atomic mass is 9.83. The molecular formula is C14H18Cl2N2O2. The van der Waals surface area contributed by atoms with Crippen LogP contribution in [0.2, 0.25) is 10.0 Å². The van der Waals surface area contributed by atoms with Gasteiger partial charge in [0.15, 0.2) is 0 Å². The molecule has 110 valence electrons. The summed E-state index contributed by atoms with van der Waals surface area (Å²) in [4.78, 5) is 10.2. The molecule has 1 fully saturated rings. The van der Waals surface area contributed by atoms with E-state index in [9.17, 15) is 10.1 Å². The van der Waals surface area contributed by atoms with Crippen molar-refractivity contribution in [3.8, 4) is 0 Å². The van der Waals surface area contributed by atoms with Crippen molar-refractivity contribution in [3.05, 3.63) is 32.3 Å². The normalized spacial score (nSPS) is 22.6. The first kappa shape index (κ1) is 15.4. The maximum atomic E-state index is 10.7. The highest BCUT2D eigenvalue weighted by Gasteiger charge is 2.19. The van der Waals surface area contributed by atoms with Gasteiger partial charge in [-0.2, -0.15) is 0 Å². The minimum Gasteiger partial charge on any atom is -0.382 e. The Morgan fingerprint density at radius 1 is 1.25 bits per heavy atom. The number of nitrogens with zero attached hydrogens (tertiary/aromatic N) is 1. The highest BCUT2D eigenvalue weighted by molar-refractivity contribution is 6.39. The monoisotopic (exact) mass is 316 g/mol. The first-order valence-electron chi connectivity index (χ1n) is 6.84. The van der Waals surface area contributed by atoms with E-state index >= 15 is 0 Å². The number of non-ortho nitro benzene ring substituents is 1. The second-order valence-corrected chi connectivity index (χ2v) is 6.36. The number of nitro benzene ring substituents is 1. The van der Waals surface area contributed by atoms with E-state index < -0.39 is 4.92 Å². The minimum atomic E-state index is -0.496. The maximum Gasteiger partial charge on any atom is 0.272 e. The number of halogens is 2. The van der Waals surface area contributed by atoms with Crippen LogP contribution < -0.4 is 5.32 Å². The van der Waals surface area contributed by atoms with Crippen LogP contribution in [0.5, 0.6) is 0 Å². The summed E-state index contributed by atoms with van der Waals surface area (Å²) < 4.78 is 0. The van der Waals surface area contributed by atoms with Gasteiger partial charge in [-0.05, 0) is 24.7 Å². The van der Waals surface area contributed by atoms with E-state index in [2.05, 4.69) is 12.2 Å². The molecule has 0 heterocycles. The predicted molar refractivity (Wildman–Crippen MR) is 82.7 cm³/mol. The van der Waals surface area contributed by atoms with Crippen molar-refractivity contribution in [3.63, 3.8) is 0 Å². The number of nitro groups is 1. The summed E-state index contributed by atoms with van der Waals surface area (Å²) in [5, 5.41) is 14.6. The van der Waals surface area contributed by atoms with Gasteiger partial charge in [-0.1, -0.05) is 43.0 Å². The summed E-state index contributed by atoms with van der Waals surface area (Å²) in [5.41, 5.74) is 0.509. The first-order chi connectivity index (χ1) is 9.47. The zero-order valence-electron chi connectivity index (χ0n) is 11.4. The van der Waals surface area contributed by atoms with E-state index in [0.29, 0.717) is 21.7 Å². The fourth-order valence-corrected chi connectivity index (χ4v) is 3.22. The average Bonchev–Trinajstić information content (AvgIpc) is 2.39. The molecule has 0 bridgehead atoms. The molecule has 0 atom stereocenters. The Bertz CT molecular complexity index is 477. The third-order valence-corrected chi connectivity index (χ3v) is 4.54. The van der Waals surface area contributed by atoms with Gasteiger partial charge in [-0.25, -0.2) is 0 Å². The molecule has 1 N–H and O–H groups in total. The van der Waals surface area contributed by atoms with Gasteiger partial charge in [0.25, 0.3) is 5.69 Å². The van der Waals surface area contributed by atoms with Gasteiger partial charge in [0, 0.05) is 18.7 Å². The summed E-state index contributed by atoms with van der Waals surface area (Å²) in [5.74, 6) is 1.44. The lowest BCUT2D eigenvalue weighted by Crippen LogP contribution is -2.20. The van der Waals surface area contributed by atoms with Crippen LogP contribution in [0.1, 0.15) is 32.6 Å². The summed E-state index contributed by atoms with van der Waals surface area (Å²) in [6.07, 6.45) is 4.93. The Kier molecular flexibility index (Phi) is 5.11. The molecule has 1 aliphatic rings. The Labute approximate surface area is 128 Å². The van der Waals surface area contributed by atoms with Gasteiger partial charge >= 0.3 is 0 Å². The Morgan fingerprint density at radius 2 is 1.80 bits per heavy atom. The molecule has 0 aliphatic heterocycles. The van der Waals surface area contributed by atoms with Crippen LogP contribution in [0.4, 0.5) is 11.4 Å². The highest BCUT2D eigenvalue weighted by atomic mass is 35.5. The number of benzene rings is 1. The largest absolute Gasteiger partial charge is 0.382 e. The lowest BCUT2D eigenvalue weighted by Gasteiger charge is -2.26. The Balaban J connectivity index is 2.01. The van der Waals surface area contributed by atoms with Crippen molar-refractivity contribution in [2.24, 2.45) is 11.8 Å². The molecule has 1 aromatic rings. The predicted octanol–water partition coefficient (Wildman–Crippen LogP) is 5.14. The van der Waals surface area contributed by atoms with Crippen molar-refractivity contribution < 1.29 is 4.92 Å².